The normalized spacial score (nSPS) is 18.7. The molecule has 2 aromatic rings. The first kappa shape index (κ1) is 22.7. The zero-order chi connectivity index (χ0) is 22.9. The fourth-order valence-electron chi connectivity index (χ4n) is 3.41. The molecule has 0 spiro atoms. The number of anilines is 1. The number of ether oxygens (including phenoxy) is 1. The van der Waals surface area contributed by atoms with E-state index in [1.807, 2.05) is 6.07 Å². The highest BCUT2D eigenvalue weighted by atomic mass is 32.2. The number of alkyl halides is 3. The fraction of sp³-hybridized carbons (Fsp3) is 0.400. The molecular formula is C20H18F3N5O2S2. The van der Waals surface area contributed by atoms with E-state index in [1.54, 1.807) is 18.3 Å². The molecule has 1 saturated heterocycles. The predicted molar refractivity (Wildman–Crippen MR) is 117 cm³/mol. The van der Waals surface area contributed by atoms with E-state index in [0.717, 1.165) is 25.0 Å². The van der Waals surface area contributed by atoms with Crippen LogP contribution < -0.4 is 10.6 Å². The fourth-order valence-corrected chi connectivity index (χ4v) is 5.59. The van der Waals surface area contributed by atoms with Gasteiger partial charge in [-0.2, -0.15) is 28.6 Å². The van der Waals surface area contributed by atoms with Crippen molar-refractivity contribution >= 4 is 33.6 Å². The number of aromatic nitrogens is 2. The number of benzene rings is 1. The summed E-state index contributed by atoms with van der Waals surface area (Å²) in [5.41, 5.74) is -0.0691. The van der Waals surface area contributed by atoms with Gasteiger partial charge in [0.05, 0.1) is 41.7 Å². The van der Waals surface area contributed by atoms with Crippen LogP contribution in [0.3, 0.4) is 0 Å². The Kier molecular flexibility index (Phi) is 6.50. The number of nitriles is 1. The Labute approximate surface area is 190 Å². The molecule has 0 aliphatic carbocycles. The first-order chi connectivity index (χ1) is 15.3. The number of thioether (sulfide) groups is 2. The summed E-state index contributed by atoms with van der Waals surface area (Å²) in [6, 6.07) is 4.83. The highest BCUT2D eigenvalue weighted by molar-refractivity contribution is 8.38. The molecule has 2 aliphatic heterocycles. The van der Waals surface area contributed by atoms with Crippen LogP contribution in [0.5, 0.6) is 0 Å². The Bertz CT molecular complexity index is 1150. The quantitative estimate of drug-likeness (QED) is 0.649. The number of hydrogen-bond donors (Lipinski definition) is 0. The van der Waals surface area contributed by atoms with Gasteiger partial charge in [-0.05, 0) is 30.5 Å². The summed E-state index contributed by atoms with van der Waals surface area (Å²) in [6.45, 7) is 1.11. The molecule has 12 heteroatoms. The highest BCUT2D eigenvalue weighted by Gasteiger charge is 2.31. The molecule has 0 amide bonds. The van der Waals surface area contributed by atoms with Gasteiger partial charge in [0.1, 0.15) is 4.90 Å². The van der Waals surface area contributed by atoms with Crippen LogP contribution in [0, 0.1) is 11.3 Å². The first-order valence-electron chi connectivity index (χ1n) is 9.70. The number of fused-ring (bicyclic) bond motifs is 1. The Hall–Kier alpha value is -2.49. The lowest BCUT2D eigenvalue weighted by Crippen LogP contribution is -2.35. The van der Waals surface area contributed by atoms with E-state index in [9.17, 15) is 23.2 Å². The molecule has 0 bridgehead atoms. The third kappa shape index (κ3) is 4.65. The number of rotatable bonds is 3. The number of hydrogen-bond acceptors (Lipinski definition) is 8. The van der Waals surface area contributed by atoms with Crippen LogP contribution in [0.1, 0.15) is 35.6 Å². The van der Waals surface area contributed by atoms with E-state index in [4.69, 9.17) is 4.74 Å². The third-order valence-electron chi connectivity index (χ3n) is 5.10. The van der Waals surface area contributed by atoms with Crippen molar-refractivity contribution in [2.75, 3.05) is 25.3 Å². The topological polar surface area (TPSA) is 83.5 Å². The standard InChI is InChI=1S/C20H18F3N5O2S2/c1-27-16-9-25-28(15-3-2-6-30-10-15)18(29)17(16)32-19(26-27)31-11-12-4-5-14(20(21,22)23)7-13(12)8-24/h4-5,7,9,15H,2-3,6,10-11H2,1H3. The summed E-state index contributed by atoms with van der Waals surface area (Å²) in [7, 11) is 1.70. The van der Waals surface area contributed by atoms with Crippen LogP contribution in [0.2, 0.25) is 0 Å². The predicted octanol–water partition coefficient (Wildman–Crippen LogP) is 4.23. The van der Waals surface area contributed by atoms with Gasteiger partial charge in [0.2, 0.25) is 0 Å². The molecule has 0 radical (unpaired) electrons. The van der Waals surface area contributed by atoms with Gasteiger partial charge in [0, 0.05) is 19.4 Å². The van der Waals surface area contributed by atoms with Crippen molar-refractivity contribution < 1.29 is 17.9 Å². The second kappa shape index (κ2) is 9.17. The lowest BCUT2D eigenvalue weighted by atomic mass is 10.1. The lowest BCUT2D eigenvalue weighted by molar-refractivity contribution is -0.137. The summed E-state index contributed by atoms with van der Waals surface area (Å²) in [5.74, 6) is 0.242. The lowest BCUT2D eigenvalue weighted by Gasteiger charge is -2.26. The zero-order valence-electron chi connectivity index (χ0n) is 16.9. The van der Waals surface area contributed by atoms with Crippen molar-refractivity contribution in [2.24, 2.45) is 5.10 Å². The van der Waals surface area contributed by atoms with Gasteiger partial charge in [-0.1, -0.05) is 29.6 Å². The molecule has 2 aliphatic rings. The summed E-state index contributed by atoms with van der Waals surface area (Å²) < 4.78 is 46.2. The van der Waals surface area contributed by atoms with Crippen LogP contribution >= 0.6 is 23.5 Å². The molecule has 1 atom stereocenters. The van der Waals surface area contributed by atoms with E-state index in [1.165, 1.54) is 34.3 Å². The van der Waals surface area contributed by atoms with Crippen molar-refractivity contribution in [3.8, 4) is 6.07 Å². The van der Waals surface area contributed by atoms with Gasteiger partial charge in [-0.25, -0.2) is 4.68 Å². The summed E-state index contributed by atoms with van der Waals surface area (Å²) in [4.78, 5) is 13.6. The molecular weight excluding hydrogens is 463 g/mol. The van der Waals surface area contributed by atoms with Crippen molar-refractivity contribution in [1.82, 2.24) is 9.78 Å². The van der Waals surface area contributed by atoms with Crippen molar-refractivity contribution in [2.45, 2.75) is 35.7 Å². The van der Waals surface area contributed by atoms with Gasteiger partial charge < -0.3 is 4.74 Å². The molecule has 0 N–H and O–H groups in total. The van der Waals surface area contributed by atoms with E-state index < -0.39 is 11.7 Å². The van der Waals surface area contributed by atoms with E-state index in [0.29, 0.717) is 33.7 Å². The van der Waals surface area contributed by atoms with Gasteiger partial charge in [0.25, 0.3) is 5.56 Å². The second-order valence-electron chi connectivity index (χ2n) is 7.24. The molecule has 168 valence electrons. The van der Waals surface area contributed by atoms with Gasteiger partial charge in [-0.15, -0.1) is 0 Å². The van der Waals surface area contributed by atoms with Gasteiger partial charge in [-0.3, -0.25) is 9.80 Å². The molecule has 1 fully saturated rings. The number of nitrogens with zero attached hydrogens (tertiary/aromatic N) is 5. The monoisotopic (exact) mass is 481 g/mol. The average Bonchev–Trinajstić information content (AvgIpc) is 2.78. The van der Waals surface area contributed by atoms with Crippen molar-refractivity contribution in [3.63, 3.8) is 0 Å². The second-order valence-corrected chi connectivity index (χ2v) is 9.46. The molecule has 1 aromatic heterocycles. The zero-order valence-corrected chi connectivity index (χ0v) is 18.6. The maximum atomic E-state index is 13.1. The maximum absolute atomic E-state index is 13.1. The summed E-state index contributed by atoms with van der Waals surface area (Å²) in [6.07, 6.45) is -1.23. The Morgan fingerprint density at radius 1 is 1.41 bits per heavy atom. The molecule has 0 saturated carbocycles. The minimum absolute atomic E-state index is 0.0358. The molecule has 3 heterocycles. The Balaban J connectivity index is 1.53. The molecule has 4 rings (SSSR count). The van der Waals surface area contributed by atoms with Gasteiger partial charge >= 0.3 is 6.18 Å². The molecule has 32 heavy (non-hydrogen) atoms. The minimum atomic E-state index is -4.51. The largest absolute Gasteiger partial charge is 0.416 e. The number of halogens is 3. The molecule has 7 nitrogen and oxygen atoms in total. The summed E-state index contributed by atoms with van der Waals surface area (Å²) in [5, 5.41) is 19.6. The Morgan fingerprint density at radius 3 is 2.91 bits per heavy atom. The smallest absolute Gasteiger partial charge is 0.379 e. The highest BCUT2D eigenvalue weighted by Crippen LogP contribution is 2.38. The van der Waals surface area contributed by atoms with Crippen molar-refractivity contribution in [3.05, 3.63) is 51.4 Å². The summed E-state index contributed by atoms with van der Waals surface area (Å²) >= 11 is 2.46. The van der Waals surface area contributed by atoms with Crippen LogP contribution in [0.25, 0.3) is 0 Å². The van der Waals surface area contributed by atoms with E-state index >= 15 is 0 Å². The van der Waals surface area contributed by atoms with Gasteiger partial charge in [0.15, 0.2) is 4.38 Å². The molecule has 1 aromatic carbocycles. The number of hydrazone groups is 1. The first-order valence-corrected chi connectivity index (χ1v) is 11.5. The van der Waals surface area contributed by atoms with Crippen LogP contribution in [-0.2, 0) is 16.7 Å². The van der Waals surface area contributed by atoms with E-state index in [-0.39, 0.29) is 22.9 Å². The minimum Gasteiger partial charge on any atom is -0.379 e. The average molecular weight is 482 g/mol. The van der Waals surface area contributed by atoms with Crippen LogP contribution in [0.4, 0.5) is 18.9 Å². The maximum Gasteiger partial charge on any atom is 0.416 e. The molecule has 1 unspecified atom stereocenters. The third-order valence-corrected chi connectivity index (χ3v) is 7.33. The SMILES string of the molecule is CN1N=C(SCc2ccc(C(F)(F)F)cc2C#N)Sc2c1cnn(C1CCCOC1)c2=O. The van der Waals surface area contributed by atoms with Crippen LogP contribution in [-0.4, -0.2) is 34.4 Å². The van der Waals surface area contributed by atoms with Crippen LogP contribution in [0.15, 0.2) is 39.2 Å². The van der Waals surface area contributed by atoms with Crippen molar-refractivity contribution in [1.29, 1.82) is 5.26 Å². The Morgan fingerprint density at radius 2 is 2.22 bits per heavy atom. The van der Waals surface area contributed by atoms with E-state index in [2.05, 4.69) is 10.2 Å².